The zero-order valence-corrected chi connectivity index (χ0v) is 12.3. The van der Waals surface area contributed by atoms with E-state index in [-0.39, 0.29) is 5.69 Å². The average Bonchev–Trinajstić information content (AvgIpc) is 2.39. The molecule has 0 aliphatic rings. The topological polar surface area (TPSA) is 66.6 Å². The number of hydrogen-bond donors (Lipinski definition) is 1. The standard InChI is InChI=1S/C13H20N2O3S/c1-10(9-19-3)14(2)8-13(16)11-5-4-6-12(7-11)15(17)18/h4-7,10,13,16H,8-9H2,1-3H3. The van der Waals surface area contributed by atoms with Gasteiger partial charge in [-0.25, -0.2) is 0 Å². The SMILES string of the molecule is CSCC(C)N(C)CC(O)c1cccc([N+](=O)[O-])c1. The summed E-state index contributed by atoms with van der Waals surface area (Å²) in [6, 6.07) is 6.52. The molecule has 0 aliphatic carbocycles. The monoisotopic (exact) mass is 284 g/mol. The van der Waals surface area contributed by atoms with Gasteiger partial charge in [-0.15, -0.1) is 0 Å². The molecular formula is C13H20N2O3S. The van der Waals surface area contributed by atoms with Gasteiger partial charge in [0.15, 0.2) is 0 Å². The largest absolute Gasteiger partial charge is 0.387 e. The molecule has 1 aromatic rings. The number of thioether (sulfide) groups is 1. The maximum Gasteiger partial charge on any atom is 0.269 e. The Morgan fingerprint density at radius 1 is 1.53 bits per heavy atom. The maximum absolute atomic E-state index is 10.7. The van der Waals surface area contributed by atoms with Crippen LogP contribution in [0.3, 0.4) is 0 Å². The summed E-state index contributed by atoms with van der Waals surface area (Å²) in [5.74, 6) is 0.984. The minimum atomic E-state index is -0.714. The van der Waals surface area contributed by atoms with E-state index in [1.54, 1.807) is 23.9 Å². The average molecular weight is 284 g/mol. The molecule has 0 aromatic heterocycles. The first-order valence-electron chi connectivity index (χ1n) is 6.07. The van der Waals surface area contributed by atoms with Crippen LogP contribution in [0.2, 0.25) is 0 Å². The predicted molar refractivity (Wildman–Crippen MR) is 78.5 cm³/mol. The third-order valence-electron chi connectivity index (χ3n) is 3.09. The van der Waals surface area contributed by atoms with Gasteiger partial charge in [-0.3, -0.25) is 15.0 Å². The fourth-order valence-corrected chi connectivity index (χ4v) is 2.51. The van der Waals surface area contributed by atoms with Crippen molar-refractivity contribution in [2.45, 2.75) is 19.1 Å². The molecule has 2 atom stereocenters. The molecule has 0 amide bonds. The summed E-state index contributed by atoms with van der Waals surface area (Å²) < 4.78 is 0. The molecule has 0 radical (unpaired) electrons. The zero-order valence-electron chi connectivity index (χ0n) is 11.4. The van der Waals surface area contributed by atoms with Crippen LogP contribution >= 0.6 is 11.8 Å². The van der Waals surface area contributed by atoms with Crippen molar-refractivity contribution in [3.05, 3.63) is 39.9 Å². The molecule has 0 fully saturated rings. The number of benzene rings is 1. The number of likely N-dealkylation sites (N-methyl/N-ethyl adjacent to an activating group) is 1. The normalized spacial score (nSPS) is 14.4. The van der Waals surface area contributed by atoms with Crippen LogP contribution in [0, 0.1) is 10.1 Å². The quantitative estimate of drug-likeness (QED) is 0.615. The number of rotatable bonds is 7. The van der Waals surface area contributed by atoms with Crippen LogP contribution in [0.5, 0.6) is 0 Å². The highest BCUT2D eigenvalue weighted by molar-refractivity contribution is 7.98. The Bertz CT molecular complexity index is 428. The van der Waals surface area contributed by atoms with Gasteiger partial charge in [0.2, 0.25) is 0 Å². The van der Waals surface area contributed by atoms with Gasteiger partial charge in [-0.05, 0) is 25.8 Å². The molecule has 0 bridgehead atoms. The maximum atomic E-state index is 10.7. The number of non-ortho nitro benzene ring substituents is 1. The lowest BCUT2D eigenvalue weighted by atomic mass is 10.1. The number of nitro groups is 1. The summed E-state index contributed by atoms with van der Waals surface area (Å²) in [5, 5.41) is 20.8. The molecule has 1 N–H and O–H groups in total. The molecule has 5 nitrogen and oxygen atoms in total. The first-order chi connectivity index (χ1) is 8.95. The summed E-state index contributed by atoms with van der Waals surface area (Å²) in [6.07, 6.45) is 1.33. The van der Waals surface area contributed by atoms with Gasteiger partial charge in [0.1, 0.15) is 0 Å². The van der Waals surface area contributed by atoms with Gasteiger partial charge in [0.25, 0.3) is 5.69 Å². The van der Waals surface area contributed by atoms with E-state index in [9.17, 15) is 15.2 Å². The summed E-state index contributed by atoms with van der Waals surface area (Å²) in [7, 11) is 1.95. The van der Waals surface area contributed by atoms with E-state index in [0.29, 0.717) is 18.2 Å². The molecule has 0 aliphatic heterocycles. The predicted octanol–water partition coefficient (Wildman–Crippen LogP) is 2.31. The Kier molecular flexibility index (Phi) is 6.27. The van der Waals surface area contributed by atoms with Crippen LogP contribution in [-0.2, 0) is 0 Å². The number of nitrogens with zero attached hydrogens (tertiary/aromatic N) is 2. The second kappa shape index (κ2) is 7.47. The Labute approximate surface area is 117 Å². The van der Waals surface area contributed by atoms with E-state index in [4.69, 9.17) is 0 Å². The molecule has 0 heterocycles. The van der Waals surface area contributed by atoms with Crippen molar-refractivity contribution in [2.24, 2.45) is 0 Å². The van der Waals surface area contributed by atoms with Crippen molar-refractivity contribution < 1.29 is 10.0 Å². The van der Waals surface area contributed by atoms with E-state index in [2.05, 4.69) is 11.8 Å². The third kappa shape index (κ3) is 4.81. The van der Waals surface area contributed by atoms with Crippen LogP contribution < -0.4 is 0 Å². The first kappa shape index (κ1) is 15.9. The summed E-state index contributed by atoms with van der Waals surface area (Å²) in [5.41, 5.74) is 0.591. The molecule has 1 rings (SSSR count). The molecule has 2 unspecified atom stereocenters. The molecular weight excluding hydrogens is 264 g/mol. The van der Waals surface area contributed by atoms with E-state index in [1.807, 2.05) is 13.3 Å². The van der Waals surface area contributed by atoms with E-state index >= 15 is 0 Å². The molecule has 0 saturated heterocycles. The van der Waals surface area contributed by atoms with E-state index in [0.717, 1.165) is 5.75 Å². The molecule has 0 spiro atoms. The molecule has 19 heavy (non-hydrogen) atoms. The van der Waals surface area contributed by atoms with Crippen LogP contribution in [0.4, 0.5) is 5.69 Å². The van der Waals surface area contributed by atoms with Crippen LogP contribution in [0.1, 0.15) is 18.6 Å². The van der Waals surface area contributed by atoms with Gasteiger partial charge in [-0.2, -0.15) is 11.8 Å². The Hall–Kier alpha value is -1.11. The second-order valence-electron chi connectivity index (χ2n) is 4.61. The molecule has 1 aromatic carbocycles. The van der Waals surface area contributed by atoms with Crippen molar-refractivity contribution >= 4 is 17.4 Å². The van der Waals surface area contributed by atoms with Crippen molar-refractivity contribution in [2.75, 3.05) is 25.6 Å². The zero-order chi connectivity index (χ0) is 14.4. The van der Waals surface area contributed by atoms with Crippen molar-refractivity contribution in [1.82, 2.24) is 4.90 Å². The summed E-state index contributed by atoms with van der Waals surface area (Å²) >= 11 is 1.75. The lowest BCUT2D eigenvalue weighted by Crippen LogP contribution is -2.34. The number of aliphatic hydroxyl groups excluding tert-OH is 1. The number of nitro benzene ring substituents is 1. The van der Waals surface area contributed by atoms with Crippen molar-refractivity contribution in [3.63, 3.8) is 0 Å². The summed E-state index contributed by atoms with van der Waals surface area (Å²) in [6.45, 7) is 2.56. The fourth-order valence-electron chi connectivity index (χ4n) is 1.77. The Balaban J connectivity index is 2.69. The highest BCUT2D eigenvalue weighted by Gasteiger charge is 2.17. The van der Waals surface area contributed by atoms with E-state index in [1.165, 1.54) is 12.1 Å². The molecule has 0 saturated carbocycles. The number of aliphatic hydroxyl groups is 1. The van der Waals surface area contributed by atoms with Crippen molar-refractivity contribution in [3.8, 4) is 0 Å². The smallest absolute Gasteiger partial charge is 0.269 e. The van der Waals surface area contributed by atoms with E-state index < -0.39 is 11.0 Å². The molecule has 6 heteroatoms. The van der Waals surface area contributed by atoms with Gasteiger partial charge in [0, 0.05) is 30.5 Å². The lowest BCUT2D eigenvalue weighted by molar-refractivity contribution is -0.385. The Morgan fingerprint density at radius 2 is 2.21 bits per heavy atom. The highest BCUT2D eigenvalue weighted by Crippen LogP contribution is 2.20. The van der Waals surface area contributed by atoms with Crippen LogP contribution in [0.15, 0.2) is 24.3 Å². The lowest BCUT2D eigenvalue weighted by Gasteiger charge is -2.26. The first-order valence-corrected chi connectivity index (χ1v) is 7.46. The van der Waals surface area contributed by atoms with Gasteiger partial charge >= 0.3 is 0 Å². The van der Waals surface area contributed by atoms with Crippen molar-refractivity contribution in [1.29, 1.82) is 0 Å². The second-order valence-corrected chi connectivity index (χ2v) is 5.52. The fraction of sp³-hybridized carbons (Fsp3) is 0.538. The van der Waals surface area contributed by atoms with Gasteiger partial charge < -0.3 is 5.11 Å². The minimum absolute atomic E-state index is 0.0105. The van der Waals surface area contributed by atoms with Gasteiger partial charge in [-0.1, -0.05) is 12.1 Å². The number of hydrogen-bond acceptors (Lipinski definition) is 5. The minimum Gasteiger partial charge on any atom is -0.387 e. The molecule has 106 valence electrons. The van der Waals surface area contributed by atoms with Crippen LogP contribution in [-0.4, -0.2) is 46.6 Å². The summed E-state index contributed by atoms with van der Waals surface area (Å²) in [4.78, 5) is 12.3. The van der Waals surface area contributed by atoms with Crippen LogP contribution in [0.25, 0.3) is 0 Å². The Morgan fingerprint density at radius 3 is 2.79 bits per heavy atom. The highest BCUT2D eigenvalue weighted by atomic mass is 32.2. The van der Waals surface area contributed by atoms with Gasteiger partial charge in [0.05, 0.1) is 11.0 Å². The third-order valence-corrected chi connectivity index (χ3v) is 3.90.